The zero-order valence-electron chi connectivity index (χ0n) is 10.9. The normalized spacial score (nSPS) is 13.4. The molecule has 0 saturated heterocycles. The van der Waals surface area contributed by atoms with Crippen LogP contribution in [0.4, 0.5) is 5.69 Å². The molecule has 0 aromatic heterocycles. The van der Waals surface area contributed by atoms with Crippen molar-refractivity contribution in [2.45, 2.75) is 38.2 Å². The van der Waals surface area contributed by atoms with Crippen LogP contribution in [0.15, 0.2) is 18.2 Å². The fourth-order valence-corrected chi connectivity index (χ4v) is 2.31. The Kier molecular flexibility index (Phi) is 4.57. The topological polar surface area (TPSA) is 52.3 Å². The number of hydrogen-bond donors (Lipinski definition) is 1. The highest BCUT2D eigenvalue weighted by Gasteiger charge is 2.21. The van der Waals surface area contributed by atoms with Crippen LogP contribution in [0.5, 0.6) is 5.75 Å². The molecule has 0 bridgehead atoms. The van der Waals surface area contributed by atoms with Crippen molar-refractivity contribution in [3.05, 3.63) is 23.8 Å². The van der Waals surface area contributed by atoms with Crippen LogP contribution in [0.2, 0.25) is 0 Å². The molecule has 0 aliphatic carbocycles. The molecular weight excluding hydrogens is 234 g/mol. The van der Waals surface area contributed by atoms with Crippen LogP contribution in [0, 0.1) is 0 Å². The zero-order valence-corrected chi connectivity index (χ0v) is 11.8. The molecule has 0 fully saturated rings. The van der Waals surface area contributed by atoms with Gasteiger partial charge in [0, 0.05) is 26.8 Å². The van der Waals surface area contributed by atoms with Gasteiger partial charge in [-0.15, -0.1) is 0 Å². The van der Waals surface area contributed by atoms with Crippen molar-refractivity contribution >= 4 is 16.5 Å². The van der Waals surface area contributed by atoms with E-state index in [9.17, 15) is 4.21 Å². The average molecular weight is 255 g/mol. The first-order chi connectivity index (χ1) is 7.84. The van der Waals surface area contributed by atoms with Crippen LogP contribution >= 0.6 is 0 Å². The zero-order chi connectivity index (χ0) is 13.1. The van der Waals surface area contributed by atoms with Gasteiger partial charge in [0.1, 0.15) is 5.75 Å². The summed E-state index contributed by atoms with van der Waals surface area (Å²) in [6.45, 7) is 8.43. The van der Waals surface area contributed by atoms with Gasteiger partial charge in [0.05, 0.1) is 12.4 Å². The number of rotatable bonds is 4. The first-order valence-corrected chi connectivity index (χ1v) is 7.06. The summed E-state index contributed by atoms with van der Waals surface area (Å²) in [6.07, 6.45) is 0. The molecule has 0 heterocycles. The first-order valence-electron chi connectivity index (χ1n) is 5.74. The first kappa shape index (κ1) is 14.0. The summed E-state index contributed by atoms with van der Waals surface area (Å²) in [7, 11) is -0.946. The number of benzene rings is 1. The second kappa shape index (κ2) is 5.54. The second-order valence-electron chi connectivity index (χ2n) is 4.90. The van der Waals surface area contributed by atoms with Gasteiger partial charge < -0.3 is 10.5 Å². The molecule has 17 heavy (non-hydrogen) atoms. The highest BCUT2D eigenvalue weighted by molar-refractivity contribution is 7.85. The maximum Gasteiger partial charge on any atom is 0.123 e. The van der Waals surface area contributed by atoms with E-state index < -0.39 is 10.8 Å². The van der Waals surface area contributed by atoms with E-state index in [1.165, 1.54) is 0 Å². The lowest BCUT2D eigenvalue weighted by Gasteiger charge is -2.19. The van der Waals surface area contributed by atoms with Crippen LogP contribution in [-0.4, -0.2) is 15.6 Å². The molecule has 1 unspecified atom stereocenters. The largest absolute Gasteiger partial charge is 0.494 e. The lowest BCUT2D eigenvalue weighted by Crippen LogP contribution is -2.23. The van der Waals surface area contributed by atoms with Crippen molar-refractivity contribution < 1.29 is 8.95 Å². The van der Waals surface area contributed by atoms with Gasteiger partial charge in [-0.1, -0.05) is 0 Å². The lowest BCUT2D eigenvalue weighted by molar-refractivity contribution is 0.337. The standard InChI is InChI=1S/C13H21NO2S/c1-5-16-12-7-6-11(14)8-10(12)9-17(15)13(2,3)4/h6-8H,5,9,14H2,1-4H3. The molecule has 1 rings (SSSR count). The van der Waals surface area contributed by atoms with E-state index >= 15 is 0 Å². The Hall–Kier alpha value is -1.03. The molecule has 0 saturated carbocycles. The van der Waals surface area contributed by atoms with Crippen LogP contribution < -0.4 is 10.5 Å². The number of anilines is 1. The Balaban J connectivity index is 2.96. The predicted octanol–water partition coefficient (Wildman–Crippen LogP) is 2.71. The third kappa shape index (κ3) is 4.04. The number of nitrogen functional groups attached to an aromatic ring is 1. The molecule has 0 aliphatic rings. The number of hydrogen-bond acceptors (Lipinski definition) is 3. The van der Waals surface area contributed by atoms with Crippen LogP contribution in [-0.2, 0) is 16.6 Å². The van der Waals surface area contributed by atoms with E-state index in [1.807, 2.05) is 39.8 Å². The van der Waals surface area contributed by atoms with Gasteiger partial charge >= 0.3 is 0 Å². The summed E-state index contributed by atoms with van der Waals surface area (Å²) >= 11 is 0. The number of nitrogens with two attached hydrogens (primary N) is 1. The van der Waals surface area contributed by atoms with Crippen molar-refractivity contribution in [1.29, 1.82) is 0 Å². The highest BCUT2D eigenvalue weighted by Crippen LogP contribution is 2.25. The van der Waals surface area contributed by atoms with Crippen molar-refractivity contribution in [1.82, 2.24) is 0 Å². The van der Waals surface area contributed by atoms with Gasteiger partial charge in [0.15, 0.2) is 0 Å². The quantitative estimate of drug-likeness (QED) is 0.842. The molecule has 4 heteroatoms. The Morgan fingerprint density at radius 2 is 2.00 bits per heavy atom. The fourth-order valence-electron chi connectivity index (χ4n) is 1.37. The Morgan fingerprint density at radius 3 is 2.53 bits per heavy atom. The minimum atomic E-state index is -0.946. The smallest absolute Gasteiger partial charge is 0.123 e. The van der Waals surface area contributed by atoms with E-state index in [0.29, 0.717) is 18.0 Å². The lowest BCUT2D eigenvalue weighted by atomic mass is 10.2. The van der Waals surface area contributed by atoms with Gasteiger partial charge in [-0.05, 0) is 45.9 Å². The summed E-state index contributed by atoms with van der Waals surface area (Å²) in [5.41, 5.74) is 7.35. The van der Waals surface area contributed by atoms with Crippen molar-refractivity contribution in [3.63, 3.8) is 0 Å². The second-order valence-corrected chi connectivity index (χ2v) is 7.11. The Labute approximate surface area is 106 Å². The number of ether oxygens (including phenoxy) is 1. The van der Waals surface area contributed by atoms with E-state index in [1.54, 1.807) is 6.07 Å². The van der Waals surface area contributed by atoms with Gasteiger partial charge in [0.25, 0.3) is 0 Å². The van der Waals surface area contributed by atoms with Gasteiger partial charge in [-0.3, -0.25) is 4.21 Å². The van der Waals surface area contributed by atoms with Gasteiger partial charge in [0.2, 0.25) is 0 Å². The Bertz CT molecular complexity index is 410. The monoisotopic (exact) mass is 255 g/mol. The SMILES string of the molecule is CCOc1ccc(N)cc1CS(=O)C(C)(C)C. The highest BCUT2D eigenvalue weighted by atomic mass is 32.2. The van der Waals surface area contributed by atoms with E-state index in [2.05, 4.69) is 0 Å². The molecule has 3 nitrogen and oxygen atoms in total. The maximum absolute atomic E-state index is 12.1. The van der Waals surface area contributed by atoms with E-state index in [-0.39, 0.29) is 4.75 Å². The summed E-state index contributed by atoms with van der Waals surface area (Å²) in [5.74, 6) is 1.25. The third-order valence-electron chi connectivity index (χ3n) is 2.35. The molecule has 2 N–H and O–H groups in total. The molecule has 0 amide bonds. The third-order valence-corrected chi connectivity index (χ3v) is 4.29. The average Bonchev–Trinajstić information content (AvgIpc) is 2.21. The summed E-state index contributed by atoms with van der Waals surface area (Å²) < 4.78 is 17.4. The molecule has 1 aromatic carbocycles. The summed E-state index contributed by atoms with van der Waals surface area (Å²) in [4.78, 5) is 0. The molecule has 0 radical (unpaired) electrons. The van der Waals surface area contributed by atoms with E-state index in [0.717, 1.165) is 11.3 Å². The molecule has 1 atom stereocenters. The van der Waals surface area contributed by atoms with Crippen molar-refractivity contribution in [2.24, 2.45) is 0 Å². The summed E-state index contributed by atoms with van der Waals surface area (Å²) in [6, 6.07) is 5.48. The predicted molar refractivity (Wildman–Crippen MR) is 73.6 cm³/mol. The van der Waals surface area contributed by atoms with E-state index in [4.69, 9.17) is 10.5 Å². The van der Waals surface area contributed by atoms with Gasteiger partial charge in [-0.25, -0.2) is 0 Å². The van der Waals surface area contributed by atoms with Crippen molar-refractivity contribution in [2.75, 3.05) is 12.3 Å². The minimum absolute atomic E-state index is 0.228. The molecule has 1 aromatic rings. The fraction of sp³-hybridized carbons (Fsp3) is 0.538. The molecular formula is C13H21NO2S. The van der Waals surface area contributed by atoms with Crippen LogP contribution in [0.1, 0.15) is 33.3 Å². The molecule has 0 spiro atoms. The Morgan fingerprint density at radius 1 is 1.35 bits per heavy atom. The molecule has 96 valence electrons. The van der Waals surface area contributed by atoms with Crippen LogP contribution in [0.25, 0.3) is 0 Å². The van der Waals surface area contributed by atoms with Crippen LogP contribution in [0.3, 0.4) is 0 Å². The maximum atomic E-state index is 12.1. The van der Waals surface area contributed by atoms with Gasteiger partial charge in [-0.2, -0.15) is 0 Å². The molecule has 0 aliphatic heterocycles. The minimum Gasteiger partial charge on any atom is -0.494 e. The summed E-state index contributed by atoms with van der Waals surface area (Å²) in [5, 5.41) is 0. The van der Waals surface area contributed by atoms with Crippen molar-refractivity contribution in [3.8, 4) is 5.75 Å².